The molecule has 0 spiro atoms. The van der Waals surface area contributed by atoms with E-state index in [9.17, 15) is 0 Å². The van der Waals surface area contributed by atoms with Gasteiger partial charge in [-0.3, -0.25) is 5.10 Å². The molecule has 0 bridgehead atoms. The fraction of sp³-hybridized carbons (Fsp3) is 0.300. The highest BCUT2D eigenvalue weighted by molar-refractivity contribution is 6.30. The summed E-state index contributed by atoms with van der Waals surface area (Å²) in [6.07, 6.45) is 0. The number of hydrogen-bond acceptors (Lipinski definition) is 4. The van der Waals surface area contributed by atoms with Gasteiger partial charge in [0.15, 0.2) is 0 Å². The van der Waals surface area contributed by atoms with Gasteiger partial charge in [-0.1, -0.05) is 11.6 Å². The van der Waals surface area contributed by atoms with E-state index >= 15 is 0 Å². The van der Waals surface area contributed by atoms with E-state index in [0.717, 1.165) is 5.69 Å². The molecule has 1 N–H and O–H groups in total. The number of halogens is 1. The molecule has 2 aromatic rings. The number of rotatable bonds is 2. The molecule has 0 saturated heterocycles. The molecule has 5 nitrogen and oxygen atoms in total. The predicted molar refractivity (Wildman–Crippen MR) is 59.9 cm³/mol. The summed E-state index contributed by atoms with van der Waals surface area (Å²) in [6.45, 7) is 5.45. The average molecular weight is 239 g/mol. The van der Waals surface area contributed by atoms with Crippen LogP contribution in [-0.4, -0.2) is 20.2 Å². The quantitative estimate of drug-likeness (QED) is 0.817. The molecule has 0 saturated carbocycles. The molecule has 0 aliphatic rings. The molecule has 0 fully saturated rings. The summed E-state index contributed by atoms with van der Waals surface area (Å²) in [4.78, 5) is 8.19. The van der Waals surface area contributed by atoms with E-state index in [0.29, 0.717) is 28.3 Å². The number of nitrogens with zero attached hydrogens (tertiary/aromatic N) is 3. The van der Waals surface area contributed by atoms with Crippen molar-refractivity contribution in [2.24, 2.45) is 0 Å². The molecule has 0 radical (unpaired) electrons. The maximum atomic E-state index is 5.93. The highest BCUT2D eigenvalue weighted by Gasteiger charge is 2.10. The lowest BCUT2D eigenvalue weighted by molar-refractivity contribution is 0.437. The summed E-state index contributed by atoms with van der Waals surface area (Å²) in [5.74, 6) is 1.47. The van der Waals surface area contributed by atoms with E-state index in [1.54, 1.807) is 19.9 Å². The number of aromatic amines is 1. The fourth-order valence-electron chi connectivity index (χ4n) is 1.21. The highest BCUT2D eigenvalue weighted by atomic mass is 35.5. The summed E-state index contributed by atoms with van der Waals surface area (Å²) in [5, 5.41) is 7.14. The van der Waals surface area contributed by atoms with Crippen LogP contribution >= 0.6 is 11.6 Å². The molecule has 0 unspecified atom stereocenters. The minimum absolute atomic E-state index is 0.398. The van der Waals surface area contributed by atoms with Crippen LogP contribution in [0.15, 0.2) is 6.07 Å². The number of nitrogens with one attached hydrogen (secondary N) is 1. The van der Waals surface area contributed by atoms with Crippen molar-refractivity contribution >= 4 is 11.6 Å². The van der Waals surface area contributed by atoms with Crippen LogP contribution in [0.3, 0.4) is 0 Å². The van der Waals surface area contributed by atoms with Gasteiger partial charge in [0.2, 0.25) is 11.8 Å². The van der Waals surface area contributed by atoms with Crippen molar-refractivity contribution in [3.63, 3.8) is 0 Å². The Morgan fingerprint density at radius 2 is 2.00 bits per heavy atom. The van der Waals surface area contributed by atoms with Crippen molar-refractivity contribution in [1.82, 2.24) is 20.2 Å². The lowest BCUT2D eigenvalue weighted by Crippen LogP contribution is -1.97. The molecule has 16 heavy (non-hydrogen) atoms. The van der Waals surface area contributed by atoms with Gasteiger partial charge in [0.25, 0.3) is 0 Å². The number of hydrogen-bond donors (Lipinski definition) is 1. The molecule has 0 aliphatic heterocycles. The Labute approximate surface area is 97.8 Å². The molecule has 0 aromatic carbocycles. The summed E-state index contributed by atoms with van der Waals surface area (Å²) in [7, 11) is 0. The van der Waals surface area contributed by atoms with Crippen LogP contribution in [0.25, 0.3) is 0 Å². The van der Waals surface area contributed by atoms with Crippen LogP contribution in [0.4, 0.5) is 0 Å². The molecule has 0 aliphatic carbocycles. The molecule has 0 atom stereocenters. The van der Waals surface area contributed by atoms with Crippen LogP contribution in [0, 0.1) is 20.8 Å². The predicted octanol–water partition coefficient (Wildman–Crippen LogP) is 2.57. The topological polar surface area (TPSA) is 63.7 Å². The minimum Gasteiger partial charge on any atom is -0.419 e. The first-order valence-electron chi connectivity index (χ1n) is 4.77. The van der Waals surface area contributed by atoms with Crippen molar-refractivity contribution in [1.29, 1.82) is 0 Å². The van der Waals surface area contributed by atoms with Gasteiger partial charge in [0, 0.05) is 17.3 Å². The van der Waals surface area contributed by atoms with Gasteiger partial charge in [-0.15, -0.1) is 5.10 Å². The van der Waals surface area contributed by atoms with Crippen LogP contribution < -0.4 is 4.74 Å². The van der Waals surface area contributed by atoms with Crippen molar-refractivity contribution in [3.8, 4) is 11.8 Å². The first-order chi connectivity index (χ1) is 7.56. The Kier molecular flexibility index (Phi) is 2.78. The van der Waals surface area contributed by atoms with Crippen molar-refractivity contribution in [2.75, 3.05) is 0 Å². The highest BCUT2D eigenvalue weighted by Crippen LogP contribution is 2.25. The lowest BCUT2D eigenvalue weighted by Gasteiger charge is -2.06. The Bertz CT molecular complexity index is 524. The van der Waals surface area contributed by atoms with Gasteiger partial charge >= 0.3 is 0 Å². The van der Waals surface area contributed by atoms with E-state index in [1.807, 2.05) is 6.92 Å². The summed E-state index contributed by atoms with van der Waals surface area (Å²) in [5.41, 5.74) is 1.62. The van der Waals surface area contributed by atoms with Crippen LogP contribution in [-0.2, 0) is 0 Å². The number of H-pyrrole nitrogens is 1. The average Bonchev–Trinajstić information content (AvgIpc) is 2.60. The van der Waals surface area contributed by atoms with E-state index < -0.39 is 0 Å². The van der Waals surface area contributed by atoms with Gasteiger partial charge in [-0.05, 0) is 20.8 Å². The standard InChI is InChI=1S/C10H11ClN4O/c1-5-4-8(15-14-5)16-10-6(2)9(11)12-7(3)13-10/h4H,1-3H3,(H,14,15). The zero-order valence-corrected chi connectivity index (χ0v) is 9.96. The maximum absolute atomic E-state index is 5.93. The lowest BCUT2D eigenvalue weighted by atomic mass is 10.3. The molecule has 6 heteroatoms. The SMILES string of the molecule is Cc1nc(Cl)c(C)c(Oc2cc(C)[nH]n2)n1. The zero-order chi connectivity index (χ0) is 11.7. The third-order valence-electron chi connectivity index (χ3n) is 2.04. The normalized spacial score (nSPS) is 10.5. The van der Waals surface area contributed by atoms with Crippen molar-refractivity contribution < 1.29 is 4.74 Å². The van der Waals surface area contributed by atoms with Crippen molar-refractivity contribution in [3.05, 3.63) is 28.3 Å². The Morgan fingerprint density at radius 1 is 1.25 bits per heavy atom. The maximum Gasteiger partial charge on any atom is 0.240 e. The zero-order valence-electron chi connectivity index (χ0n) is 9.21. The molecule has 2 rings (SSSR count). The number of aromatic nitrogens is 4. The van der Waals surface area contributed by atoms with Crippen molar-refractivity contribution in [2.45, 2.75) is 20.8 Å². The van der Waals surface area contributed by atoms with Gasteiger partial charge in [-0.25, -0.2) is 4.98 Å². The molecule has 2 heterocycles. The first kappa shape index (κ1) is 10.9. The molecular formula is C10H11ClN4O. The molecular weight excluding hydrogens is 228 g/mol. The molecule has 2 aromatic heterocycles. The third-order valence-corrected chi connectivity index (χ3v) is 2.41. The summed E-state index contributed by atoms with van der Waals surface area (Å²) in [6, 6.07) is 1.78. The molecule has 0 amide bonds. The summed E-state index contributed by atoms with van der Waals surface area (Å²) < 4.78 is 5.51. The van der Waals surface area contributed by atoms with Gasteiger partial charge in [0.1, 0.15) is 11.0 Å². The van der Waals surface area contributed by atoms with Gasteiger partial charge in [0.05, 0.1) is 0 Å². The van der Waals surface area contributed by atoms with E-state index in [2.05, 4.69) is 20.2 Å². The van der Waals surface area contributed by atoms with Gasteiger partial charge in [-0.2, -0.15) is 4.98 Å². The summed E-state index contributed by atoms with van der Waals surface area (Å²) >= 11 is 5.93. The van der Waals surface area contributed by atoms with Crippen LogP contribution in [0.2, 0.25) is 5.15 Å². The smallest absolute Gasteiger partial charge is 0.240 e. The largest absolute Gasteiger partial charge is 0.419 e. The first-order valence-corrected chi connectivity index (χ1v) is 5.14. The van der Waals surface area contributed by atoms with E-state index in [4.69, 9.17) is 16.3 Å². The second-order valence-corrected chi connectivity index (χ2v) is 3.84. The van der Waals surface area contributed by atoms with Gasteiger partial charge < -0.3 is 4.74 Å². The third kappa shape index (κ3) is 2.14. The minimum atomic E-state index is 0.398. The Balaban J connectivity index is 2.34. The Morgan fingerprint density at radius 3 is 2.62 bits per heavy atom. The number of ether oxygens (including phenoxy) is 1. The number of aryl methyl sites for hydroxylation is 2. The van der Waals surface area contributed by atoms with Crippen LogP contribution in [0.1, 0.15) is 17.1 Å². The molecule has 84 valence electrons. The monoisotopic (exact) mass is 238 g/mol. The second kappa shape index (κ2) is 4.09. The Hall–Kier alpha value is -1.62. The van der Waals surface area contributed by atoms with Crippen LogP contribution in [0.5, 0.6) is 11.8 Å². The second-order valence-electron chi connectivity index (χ2n) is 3.48. The van der Waals surface area contributed by atoms with E-state index in [1.165, 1.54) is 0 Å². The van der Waals surface area contributed by atoms with E-state index in [-0.39, 0.29) is 0 Å². The fourth-order valence-corrected chi connectivity index (χ4v) is 1.42.